The average Bonchev–Trinajstić information content (AvgIpc) is 2.69. The summed E-state index contributed by atoms with van der Waals surface area (Å²) in [6, 6.07) is 4.08. The number of aliphatic hydroxyl groups is 1. The number of nitrogens with zero attached hydrogens (tertiary/aromatic N) is 1. The number of aliphatic hydroxyl groups excluding tert-OH is 1. The highest BCUT2D eigenvalue weighted by Gasteiger charge is 2.27. The van der Waals surface area contributed by atoms with Crippen LogP contribution in [0.5, 0.6) is 0 Å². The van der Waals surface area contributed by atoms with Gasteiger partial charge in [0, 0.05) is 18.6 Å². The molecule has 0 aliphatic rings. The maximum absolute atomic E-state index is 9.10. The Morgan fingerprint density at radius 3 is 2.50 bits per heavy atom. The van der Waals surface area contributed by atoms with Gasteiger partial charge in [0.2, 0.25) is 0 Å². The van der Waals surface area contributed by atoms with Gasteiger partial charge in [0.05, 0.1) is 18.9 Å². The molecular formula is C12H22N2O2. The van der Waals surface area contributed by atoms with Gasteiger partial charge >= 0.3 is 0 Å². The van der Waals surface area contributed by atoms with Crippen molar-refractivity contribution in [3.8, 4) is 0 Å². The lowest BCUT2D eigenvalue weighted by Crippen LogP contribution is -2.44. The lowest BCUT2D eigenvalue weighted by molar-refractivity contribution is 0.0925. The Kier molecular flexibility index (Phi) is 4.99. The van der Waals surface area contributed by atoms with Crippen LogP contribution in [-0.4, -0.2) is 35.2 Å². The van der Waals surface area contributed by atoms with Crippen LogP contribution in [0, 0.1) is 0 Å². The Bertz CT molecular complexity index is 283. The summed E-state index contributed by atoms with van der Waals surface area (Å²) >= 11 is 0. The minimum atomic E-state index is -0.0416. The molecule has 3 N–H and O–H groups in total. The predicted octanol–water partition coefficient (Wildman–Crippen LogP) is 1.37. The van der Waals surface area contributed by atoms with E-state index in [9.17, 15) is 0 Å². The first-order valence-electron chi connectivity index (χ1n) is 5.73. The van der Waals surface area contributed by atoms with Gasteiger partial charge in [0.15, 0.2) is 0 Å². The van der Waals surface area contributed by atoms with Crippen LogP contribution in [-0.2, 0) is 0 Å². The normalized spacial score (nSPS) is 15.7. The van der Waals surface area contributed by atoms with Gasteiger partial charge in [0.25, 0.3) is 0 Å². The van der Waals surface area contributed by atoms with Crippen molar-refractivity contribution in [1.29, 1.82) is 0 Å². The molecule has 1 heterocycles. The summed E-state index contributed by atoms with van der Waals surface area (Å²) in [6.45, 7) is 6.87. The molecule has 0 aliphatic carbocycles. The summed E-state index contributed by atoms with van der Waals surface area (Å²) in [5.41, 5.74) is 6.01. The van der Waals surface area contributed by atoms with E-state index in [-0.39, 0.29) is 18.7 Å². The second-order valence-electron chi connectivity index (χ2n) is 4.37. The molecule has 1 aromatic heterocycles. The van der Waals surface area contributed by atoms with E-state index in [4.69, 9.17) is 15.3 Å². The third-order valence-corrected chi connectivity index (χ3v) is 2.71. The average molecular weight is 226 g/mol. The molecule has 0 spiro atoms. The lowest BCUT2D eigenvalue weighted by atomic mass is 10.0. The van der Waals surface area contributed by atoms with Crippen LogP contribution in [0.4, 0.5) is 0 Å². The molecule has 0 radical (unpaired) electrons. The van der Waals surface area contributed by atoms with E-state index in [2.05, 4.69) is 18.7 Å². The second kappa shape index (κ2) is 6.03. The van der Waals surface area contributed by atoms with E-state index in [1.165, 1.54) is 0 Å². The van der Waals surface area contributed by atoms with Gasteiger partial charge in [0.1, 0.15) is 5.76 Å². The van der Waals surface area contributed by atoms with Crippen LogP contribution in [0.25, 0.3) is 0 Å². The van der Waals surface area contributed by atoms with Crippen LogP contribution >= 0.6 is 0 Å². The first kappa shape index (κ1) is 13.2. The molecule has 4 nitrogen and oxygen atoms in total. The van der Waals surface area contributed by atoms with E-state index < -0.39 is 0 Å². The standard InChI is InChI=1S/C12H22N2O2/c1-9(2)14(6-7-15)12(10(3)13)11-5-4-8-16-11/h4-5,8-10,12,15H,6-7,13H2,1-3H3. The SMILES string of the molecule is CC(N)C(c1ccco1)N(CCO)C(C)C. The molecule has 0 fully saturated rings. The van der Waals surface area contributed by atoms with Crippen molar-refractivity contribution >= 4 is 0 Å². The van der Waals surface area contributed by atoms with E-state index in [1.807, 2.05) is 19.1 Å². The first-order chi connectivity index (χ1) is 7.57. The minimum Gasteiger partial charge on any atom is -0.468 e. The summed E-state index contributed by atoms with van der Waals surface area (Å²) in [4.78, 5) is 2.16. The predicted molar refractivity (Wildman–Crippen MR) is 64.0 cm³/mol. The third kappa shape index (κ3) is 3.07. The molecule has 1 aromatic rings. The highest BCUT2D eigenvalue weighted by molar-refractivity contribution is 5.07. The molecule has 2 atom stereocenters. The van der Waals surface area contributed by atoms with Crippen LogP contribution in [0.3, 0.4) is 0 Å². The zero-order valence-electron chi connectivity index (χ0n) is 10.3. The number of furan rings is 1. The number of rotatable bonds is 6. The largest absolute Gasteiger partial charge is 0.468 e. The summed E-state index contributed by atoms with van der Waals surface area (Å²) < 4.78 is 5.43. The fourth-order valence-electron chi connectivity index (χ4n) is 2.02. The van der Waals surface area contributed by atoms with Gasteiger partial charge in [-0.05, 0) is 32.9 Å². The van der Waals surface area contributed by atoms with Gasteiger partial charge in [-0.1, -0.05) is 0 Å². The van der Waals surface area contributed by atoms with Gasteiger partial charge < -0.3 is 15.3 Å². The van der Waals surface area contributed by atoms with Crippen molar-refractivity contribution in [2.45, 2.75) is 38.9 Å². The number of hydrogen-bond donors (Lipinski definition) is 2. The molecule has 0 amide bonds. The highest BCUT2D eigenvalue weighted by Crippen LogP contribution is 2.25. The van der Waals surface area contributed by atoms with Crippen LogP contribution in [0.15, 0.2) is 22.8 Å². The zero-order valence-corrected chi connectivity index (χ0v) is 10.3. The van der Waals surface area contributed by atoms with Gasteiger partial charge in [-0.2, -0.15) is 0 Å². The lowest BCUT2D eigenvalue weighted by Gasteiger charge is -2.35. The Balaban J connectivity index is 2.90. The van der Waals surface area contributed by atoms with E-state index in [0.717, 1.165) is 5.76 Å². The molecule has 0 aromatic carbocycles. The first-order valence-corrected chi connectivity index (χ1v) is 5.73. The molecule has 4 heteroatoms. The topological polar surface area (TPSA) is 62.6 Å². The smallest absolute Gasteiger partial charge is 0.122 e. The van der Waals surface area contributed by atoms with Crippen molar-refractivity contribution in [3.05, 3.63) is 24.2 Å². The molecule has 1 rings (SSSR count). The quantitative estimate of drug-likeness (QED) is 0.769. The zero-order chi connectivity index (χ0) is 12.1. The van der Waals surface area contributed by atoms with Gasteiger partial charge in [-0.25, -0.2) is 0 Å². The monoisotopic (exact) mass is 226 g/mol. The van der Waals surface area contributed by atoms with Crippen molar-refractivity contribution in [2.24, 2.45) is 5.73 Å². The molecule has 2 unspecified atom stereocenters. The van der Waals surface area contributed by atoms with Crippen molar-refractivity contribution in [1.82, 2.24) is 4.90 Å². The Morgan fingerprint density at radius 2 is 2.12 bits per heavy atom. The molecule has 0 saturated heterocycles. The van der Waals surface area contributed by atoms with Crippen LogP contribution < -0.4 is 5.73 Å². The summed E-state index contributed by atoms with van der Waals surface area (Å²) in [7, 11) is 0. The summed E-state index contributed by atoms with van der Waals surface area (Å²) in [5, 5.41) is 9.10. The fraction of sp³-hybridized carbons (Fsp3) is 0.667. The van der Waals surface area contributed by atoms with Crippen LogP contribution in [0.1, 0.15) is 32.6 Å². The molecule has 16 heavy (non-hydrogen) atoms. The Labute approximate surface area is 97.0 Å². The maximum atomic E-state index is 9.10. The molecule has 0 aliphatic heterocycles. The molecule has 92 valence electrons. The number of hydrogen-bond acceptors (Lipinski definition) is 4. The summed E-state index contributed by atoms with van der Waals surface area (Å²) in [6.07, 6.45) is 1.65. The van der Waals surface area contributed by atoms with E-state index >= 15 is 0 Å². The molecular weight excluding hydrogens is 204 g/mol. The fourth-order valence-corrected chi connectivity index (χ4v) is 2.02. The summed E-state index contributed by atoms with van der Waals surface area (Å²) in [5.74, 6) is 0.858. The van der Waals surface area contributed by atoms with E-state index in [1.54, 1.807) is 6.26 Å². The third-order valence-electron chi connectivity index (χ3n) is 2.71. The van der Waals surface area contributed by atoms with Gasteiger partial charge in [-0.15, -0.1) is 0 Å². The maximum Gasteiger partial charge on any atom is 0.122 e. The van der Waals surface area contributed by atoms with Crippen LogP contribution in [0.2, 0.25) is 0 Å². The second-order valence-corrected chi connectivity index (χ2v) is 4.37. The van der Waals surface area contributed by atoms with Gasteiger partial charge in [-0.3, -0.25) is 4.90 Å². The molecule has 0 bridgehead atoms. The molecule has 0 saturated carbocycles. The Hall–Kier alpha value is -0.840. The van der Waals surface area contributed by atoms with Crippen molar-refractivity contribution in [3.63, 3.8) is 0 Å². The highest BCUT2D eigenvalue weighted by atomic mass is 16.3. The van der Waals surface area contributed by atoms with Crippen molar-refractivity contribution < 1.29 is 9.52 Å². The Morgan fingerprint density at radius 1 is 1.44 bits per heavy atom. The minimum absolute atomic E-state index is 0.0159. The van der Waals surface area contributed by atoms with E-state index in [0.29, 0.717) is 12.6 Å². The number of nitrogens with two attached hydrogens (primary N) is 1. The van der Waals surface area contributed by atoms with Crippen molar-refractivity contribution in [2.75, 3.05) is 13.2 Å².